The van der Waals surface area contributed by atoms with E-state index in [0.29, 0.717) is 5.92 Å². The van der Waals surface area contributed by atoms with Gasteiger partial charge in [-0.3, -0.25) is 0 Å². The average Bonchev–Trinajstić information content (AvgIpc) is 2.45. The van der Waals surface area contributed by atoms with Crippen molar-refractivity contribution in [1.29, 1.82) is 5.26 Å². The summed E-state index contributed by atoms with van der Waals surface area (Å²) < 4.78 is 0. The van der Waals surface area contributed by atoms with Crippen molar-refractivity contribution in [2.24, 2.45) is 11.3 Å². The number of hydrogen-bond donors (Lipinski definition) is 1. The van der Waals surface area contributed by atoms with Gasteiger partial charge in [0.15, 0.2) is 0 Å². The summed E-state index contributed by atoms with van der Waals surface area (Å²) in [5.41, 5.74) is -0.349. The molecule has 12 heavy (non-hydrogen) atoms. The first-order valence-corrected chi connectivity index (χ1v) is 4.89. The highest BCUT2D eigenvalue weighted by Gasteiger charge is 2.50. The molecule has 0 spiro atoms. The molecule has 0 bridgehead atoms. The Morgan fingerprint density at radius 2 is 2.08 bits per heavy atom. The third-order valence-electron chi connectivity index (χ3n) is 3.71. The summed E-state index contributed by atoms with van der Waals surface area (Å²) in [7, 11) is 0. The summed E-state index contributed by atoms with van der Waals surface area (Å²) in [5.74, 6) is 0.492. The average molecular weight is 165 g/mol. The van der Waals surface area contributed by atoms with Gasteiger partial charge in [-0.2, -0.15) is 5.26 Å². The molecule has 0 aliphatic heterocycles. The van der Waals surface area contributed by atoms with Crippen LogP contribution in [0, 0.1) is 22.7 Å². The molecule has 0 aromatic rings. The Morgan fingerprint density at radius 3 is 2.75 bits per heavy atom. The van der Waals surface area contributed by atoms with Crippen molar-refractivity contribution in [2.45, 2.75) is 44.6 Å². The molecule has 2 heteroatoms. The third kappa shape index (κ3) is 0.895. The van der Waals surface area contributed by atoms with Gasteiger partial charge in [-0.15, -0.1) is 0 Å². The van der Waals surface area contributed by atoms with Gasteiger partial charge in [-0.1, -0.05) is 12.8 Å². The highest BCUT2D eigenvalue weighted by atomic mass is 16.3. The molecule has 0 saturated heterocycles. The van der Waals surface area contributed by atoms with Crippen LogP contribution in [0.5, 0.6) is 0 Å². The lowest BCUT2D eigenvalue weighted by molar-refractivity contribution is 0.0438. The van der Waals surface area contributed by atoms with E-state index in [1.165, 1.54) is 6.42 Å². The first-order chi connectivity index (χ1) is 5.79. The van der Waals surface area contributed by atoms with E-state index in [1.54, 1.807) is 0 Å². The van der Waals surface area contributed by atoms with Crippen LogP contribution < -0.4 is 0 Å². The van der Waals surface area contributed by atoms with Crippen LogP contribution in [0.15, 0.2) is 0 Å². The second-order valence-electron chi connectivity index (χ2n) is 4.19. The topological polar surface area (TPSA) is 44.0 Å². The first kappa shape index (κ1) is 8.07. The fraction of sp³-hybridized carbons (Fsp3) is 0.900. The molecule has 2 rings (SSSR count). The smallest absolute Gasteiger partial charge is 0.0860 e. The summed E-state index contributed by atoms with van der Waals surface area (Å²) in [6.07, 6.45) is 6.03. The molecule has 66 valence electrons. The molecular weight excluding hydrogens is 150 g/mol. The lowest BCUT2D eigenvalue weighted by atomic mass is 9.68. The van der Waals surface area contributed by atoms with Crippen molar-refractivity contribution in [1.82, 2.24) is 0 Å². The highest BCUT2D eigenvalue weighted by molar-refractivity contribution is 5.12. The van der Waals surface area contributed by atoms with Crippen molar-refractivity contribution in [2.75, 3.05) is 0 Å². The lowest BCUT2D eigenvalue weighted by Crippen LogP contribution is -2.36. The number of aliphatic hydroxyl groups excluding tert-OH is 1. The Hall–Kier alpha value is -0.550. The fourth-order valence-electron chi connectivity index (χ4n) is 2.95. The van der Waals surface area contributed by atoms with Crippen LogP contribution in [-0.2, 0) is 0 Å². The van der Waals surface area contributed by atoms with Crippen molar-refractivity contribution >= 4 is 0 Å². The molecule has 2 saturated carbocycles. The van der Waals surface area contributed by atoms with Crippen LogP contribution in [0.1, 0.15) is 38.5 Å². The minimum Gasteiger partial charge on any atom is -0.391 e. The van der Waals surface area contributed by atoms with Crippen molar-refractivity contribution in [3.8, 4) is 6.07 Å². The molecule has 2 aliphatic carbocycles. The zero-order chi connectivity index (χ0) is 8.60. The van der Waals surface area contributed by atoms with E-state index >= 15 is 0 Å². The Morgan fingerprint density at radius 1 is 1.25 bits per heavy atom. The number of rotatable bonds is 0. The van der Waals surface area contributed by atoms with Gasteiger partial charge in [0.2, 0.25) is 0 Å². The quantitative estimate of drug-likeness (QED) is 0.595. The summed E-state index contributed by atoms with van der Waals surface area (Å²) in [5, 5.41) is 18.9. The number of hydrogen-bond acceptors (Lipinski definition) is 2. The molecule has 3 atom stereocenters. The molecule has 0 aromatic carbocycles. The minimum absolute atomic E-state index is 0.340. The van der Waals surface area contributed by atoms with Crippen molar-refractivity contribution in [3.05, 3.63) is 0 Å². The zero-order valence-corrected chi connectivity index (χ0v) is 7.29. The standard InChI is InChI=1S/C10H15NO/c11-7-10-6-2-1-3-8(10)4-5-9(10)12/h8-9,12H,1-6H2/t8?,9-,10+/m1/s1. The zero-order valence-electron chi connectivity index (χ0n) is 7.29. The molecule has 0 radical (unpaired) electrons. The van der Waals surface area contributed by atoms with Gasteiger partial charge in [-0.05, 0) is 31.6 Å². The molecule has 1 unspecified atom stereocenters. The molecule has 0 aromatic heterocycles. The van der Waals surface area contributed by atoms with Crippen LogP contribution in [0.25, 0.3) is 0 Å². The van der Waals surface area contributed by atoms with Gasteiger partial charge >= 0.3 is 0 Å². The Kier molecular flexibility index (Phi) is 1.84. The molecule has 0 heterocycles. The fourth-order valence-corrected chi connectivity index (χ4v) is 2.95. The number of fused-ring (bicyclic) bond motifs is 1. The van der Waals surface area contributed by atoms with Crippen LogP contribution in [-0.4, -0.2) is 11.2 Å². The van der Waals surface area contributed by atoms with Crippen LogP contribution in [0.4, 0.5) is 0 Å². The van der Waals surface area contributed by atoms with E-state index in [0.717, 1.165) is 32.1 Å². The largest absolute Gasteiger partial charge is 0.391 e. The van der Waals surface area contributed by atoms with Gasteiger partial charge in [0.1, 0.15) is 0 Å². The molecule has 1 N–H and O–H groups in total. The van der Waals surface area contributed by atoms with Crippen molar-refractivity contribution in [3.63, 3.8) is 0 Å². The maximum absolute atomic E-state index is 9.75. The van der Waals surface area contributed by atoms with E-state index in [2.05, 4.69) is 6.07 Å². The van der Waals surface area contributed by atoms with E-state index in [9.17, 15) is 5.11 Å². The van der Waals surface area contributed by atoms with Gasteiger partial charge in [-0.25, -0.2) is 0 Å². The van der Waals surface area contributed by atoms with Gasteiger partial charge in [0.25, 0.3) is 0 Å². The normalized spacial score (nSPS) is 46.7. The van der Waals surface area contributed by atoms with Gasteiger partial charge in [0, 0.05) is 0 Å². The van der Waals surface area contributed by atoms with E-state index in [1.807, 2.05) is 0 Å². The maximum Gasteiger partial charge on any atom is 0.0860 e. The second-order valence-corrected chi connectivity index (χ2v) is 4.19. The summed E-state index contributed by atoms with van der Waals surface area (Å²) in [6.45, 7) is 0. The second kappa shape index (κ2) is 2.74. The van der Waals surface area contributed by atoms with E-state index in [-0.39, 0.29) is 11.5 Å². The Balaban J connectivity index is 2.26. The number of nitrogens with zero attached hydrogens (tertiary/aromatic N) is 1. The predicted molar refractivity (Wildman–Crippen MR) is 45.2 cm³/mol. The van der Waals surface area contributed by atoms with Gasteiger partial charge in [0.05, 0.1) is 17.6 Å². The van der Waals surface area contributed by atoms with Crippen molar-refractivity contribution < 1.29 is 5.11 Å². The van der Waals surface area contributed by atoms with E-state index in [4.69, 9.17) is 5.26 Å². The molecular formula is C10H15NO. The molecule has 2 nitrogen and oxygen atoms in total. The van der Waals surface area contributed by atoms with Crippen LogP contribution >= 0.6 is 0 Å². The summed E-state index contributed by atoms with van der Waals surface area (Å²) >= 11 is 0. The summed E-state index contributed by atoms with van der Waals surface area (Å²) in [4.78, 5) is 0. The number of nitriles is 1. The molecule has 2 fully saturated rings. The van der Waals surface area contributed by atoms with E-state index < -0.39 is 0 Å². The van der Waals surface area contributed by atoms with Crippen LogP contribution in [0.2, 0.25) is 0 Å². The monoisotopic (exact) mass is 165 g/mol. The maximum atomic E-state index is 9.75. The first-order valence-electron chi connectivity index (χ1n) is 4.89. The van der Waals surface area contributed by atoms with Crippen LogP contribution in [0.3, 0.4) is 0 Å². The third-order valence-corrected chi connectivity index (χ3v) is 3.71. The lowest BCUT2D eigenvalue weighted by Gasteiger charge is -2.35. The number of aliphatic hydroxyl groups is 1. The Labute approximate surface area is 73.2 Å². The Bertz CT molecular complexity index is 218. The predicted octanol–water partition coefficient (Wildman–Crippen LogP) is 1.84. The molecule has 0 amide bonds. The SMILES string of the molecule is N#C[C@@]12CCCCC1CC[C@H]2O. The summed E-state index contributed by atoms with van der Waals surface area (Å²) in [6, 6.07) is 2.38. The van der Waals surface area contributed by atoms with Gasteiger partial charge < -0.3 is 5.11 Å². The highest BCUT2D eigenvalue weighted by Crippen LogP contribution is 2.51. The minimum atomic E-state index is -0.349. The molecule has 2 aliphatic rings.